The minimum Gasteiger partial charge on any atom is -0.478 e. The summed E-state index contributed by atoms with van der Waals surface area (Å²) in [5.41, 5.74) is 3.23. The van der Waals surface area contributed by atoms with Crippen molar-refractivity contribution in [3.8, 4) is 5.75 Å². The van der Waals surface area contributed by atoms with Gasteiger partial charge in [0.15, 0.2) is 0 Å². The van der Waals surface area contributed by atoms with E-state index in [0.717, 1.165) is 10.9 Å². The molecule has 0 radical (unpaired) electrons. The number of carbonyl (C=O) groups excluding carboxylic acids is 1. The van der Waals surface area contributed by atoms with E-state index in [0.29, 0.717) is 40.7 Å². The molecule has 0 fully saturated rings. The van der Waals surface area contributed by atoms with Gasteiger partial charge in [-0.3, -0.25) is 9.48 Å². The molecule has 0 atom stereocenters. The molecule has 1 amide bonds. The highest BCUT2D eigenvalue weighted by molar-refractivity contribution is 6.29. The van der Waals surface area contributed by atoms with Crippen molar-refractivity contribution in [1.82, 2.24) is 9.78 Å². The molecule has 0 aliphatic carbocycles. The molecule has 2 aliphatic heterocycles. The summed E-state index contributed by atoms with van der Waals surface area (Å²) in [4.78, 5) is 18.5. The maximum atomic E-state index is 13.9. The molecular formula is C25H21F2N5O3. The van der Waals surface area contributed by atoms with Gasteiger partial charge in [-0.05, 0) is 48.9 Å². The number of carbonyl (C=O) groups is 1. The number of aromatic nitrogens is 2. The maximum Gasteiger partial charge on any atom is 0.387 e. The molecule has 178 valence electrons. The van der Waals surface area contributed by atoms with E-state index in [2.05, 4.69) is 19.9 Å². The monoisotopic (exact) mass is 477 g/mol. The fourth-order valence-corrected chi connectivity index (χ4v) is 3.99. The SMILES string of the molecule is CCOC1=NC2=C(c3ccc(OC(F)F)cc3)C(=O)N(c3ccc4nn(C)cc4c3)N=C(C=C1)C2. The number of aryl methyl sites for hydroxylation is 1. The van der Waals surface area contributed by atoms with Crippen LogP contribution in [-0.4, -0.2) is 40.5 Å². The molecule has 2 aromatic carbocycles. The van der Waals surface area contributed by atoms with Crippen molar-refractivity contribution < 1.29 is 23.0 Å². The van der Waals surface area contributed by atoms with Crippen molar-refractivity contribution in [3.63, 3.8) is 0 Å². The fraction of sp³-hybridized carbons (Fsp3) is 0.200. The van der Waals surface area contributed by atoms with Crippen LogP contribution in [0.25, 0.3) is 16.5 Å². The summed E-state index contributed by atoms with van der Waals surface area (Å²) in [5.74, 6) is -0.0520. The average Bonchev–Trinajstić information content (AvgIpc) is 3.00. The zero-order valence-corrected chi connectivity index (χ0v) is 19.0. The van der Waals surface area contributed by atoms with E-state index >= 15 is 0 Å². The average molecular weight is 477 g/mol. The minimum absolute atomic E-state index is 0.00714. The van der Waals surface area contributed by atoms with Gasteiger partial charge < -0.3 is 9.47 Å². The van der Waals surface area contributed by atoms with Crippen LogP contribution in [0.2, 0.25) is 0 Å². The molecule has 8 nitrogen and oxygen atoms in total. The third kappa shape index (κ3) is 4.54. The van der Waals surface area contributed by atoms with Gasteiger partial charge in [-0.2, -0.15) is 24.0 Å². The Morgan fingerprint density at radius 2 is 1.91 bits per heavy atom. The molecule has 0 unspecified atom stereocenters. The lowest BCUT2D eigenvalue weighted by molar-refractivity contribution is -0.113. The van der Waals surface area contributed by atoms with Gasteiger partial charge in [-0.15, -0.1) is 0 Å². The van der Waals surface area contributed by atoms with Crippen molar-refractivity contribution in [2.75, 3.05) is 11.6 Å². The van der Waals surface area contributed by atoms with Crippen molar-refractivity contribution in [2.24, 2.45) is 17.1 Å². The molecule has 0 saturated heterocycles. The van der Waals surface area contributed by atoms with Gasteiger partial charge in [-0.25, -0.2) is 4.99 Å². The van der Waals surface area contributed by atoms with Crippen LogP contribution in [0.4, 0.5) is 14.5 Å². The van der Waals surface area contributed by atoms with E-state index in [-0.39, 0.29) is 12.2 Å². The minimum atomic E-state index is -2.94. The van der Waals surface area contributed by atoms with E-state index < -0.39 is 12.5 Å². The number of halogens is 2. The highest BCUT2D eigenvalue weighted by Gasteiger charge is 2.30. The number of ether oxygens (including phenoxy) is 2. The molecule has 0 saturated carbocycles. The lowest BCUT2D eigenvalue weighted by Crippen LogP contribution is -2.27. The van der Waals surface area contributed by atoms with Gasteiger partial charge in [0.1, 0.15) is 5.75 Å². The molecule has 2 bridgehead atoms. The first-order chi connectivity index (χ1) is 16.9. The number of allylic oxidation sites excluding steroid dienone is 2. The van der Waals surface area contributed by atoms with Gasteiger partial charge in [0, 0.05) is 31.1 Å². The first-order valence-corrected chi connectivity index (χ1v) is 10.9. The summed E-state index contributed by atoms with van der Waals surface area (Å²) < 4.78 is 37.0. The van der Waals surface area contributed by atoms with E-state index in [1.165, 1.54) is 17.1 Å². The number of hydrogen-bond acceptors (Lipinski definition) is 6. The van der Waals surface area contributed by atoms with E-state index in [1.807, 2.05) is 32.3 Å². The molecule has 5 rings (SSSR count). The lowest BCUT2D eigenvalue weighted by Gasteiger charge is -2.19. The quantitative estimate of drug-likeness (QED) is 0.534. The number of hydrazone groups is 1. The van der Waals surface area contributed by atoms with Crippen LogP contribution < -0.4 is 9.75 Å². The number of hydrogen-bond donors (Lipinski definition) is 0. The van der Waals surface area contributed by atoms with Gasteiger partial charge in [0.2, 0.25) is 5.90 Å². The van der Waals surface area contributed by atoms with Crippen LogP contribution in [0.15, 0.2) is 76.6 Å². The molecule has 1 aromatic heterocycles. The number of amides is 1. The summed E-state index contributed by atoms with van der Waals surface area (Å²) in [6.45, 7) is -0.693. The molecule has 2 aliphatic rings. The predicted octanol–water partition coefficient (Wildman–Crippen LogP) is 4.68. The van der Waals surface area contributed by atoms with Crippen molar-refractivity contribution >= 4 is 39.7 Å². The van der Waals surface area contributed by atoms with Crippen LogP contribution in [0.5, 0.6) is 5.75 Å². The standard InChI is InChI=1S/C25H21F2N5O3/c1-3-34-22-11-6-17-13-21(28-22)23(15-4-8-19(9-5-15)35-25(26)27)24(33)32(29-17)18-7-10-20-16(12-18)14-31(2)30-20/h4-12,14,25H,3,13H2,1-2H3. The van der Waals surface area contributed by atoms with E-state index in [1.54, 1.807) is 35.0 Å². The summed E-state index contributed by atoms with van der Waals surface area (Å²) >= 11 is 0. The van der Waals surface area contributed by atoms with E-state index in [9.17, 15) is 13.6 Å². The van der Waals surface area contributed by atoms with Crippen molar-refractivity contribution in [3.05, 3.63) is 72.1 Å². The van der Waals surface area contributed by atoms with Crippen LogP contribution >= 0.6 is 0 Å². The largest absolute Gasteiger partial charge is 0.478 e. The number of nitrogens with zero attached hydrogens (tertiary/aromatic N) is 5. The Labute approximate surface area is 199 Å². The Hall–Kier alpha value is -4.34. The van der Waals surface area contributed by atoms with Crippen molar-refractivity contribution in [1.29, 1.82) is 0 Å². The second-order valence-electron chi connectivity index (χ2n) is 7.87. The predicted molar refractivity (Wildman–Crippen MR) is 128 cm³/mol. The summed E-state index contributed by atoms with van der Waals surface area (Å²) in [5, 5.41) is 11.2. The Morgan fingerprint density at radius 1 is 1.11 bits per heavy atom. The van der Waals surface area contributed by atoms with Crippen LogP contribution in [0, 0.1) is 0 Å². The topological polar surface area (TPSA) is 81.3 Å². The smallest absolute Gasteiger partial charge is 0.387 e. The fourth-order valence-electron chi connectivity index (χ4n) is 3.99. The van der Waals surface area contributed by atoms with Crippen LogP contribution in [0.1, 0.15) is 18.9 Å². The molecule has 3 aromatic rings. The lowest BCUT2D eigenvalue weighted by atomic mass is 10.00. The van der Waals surface area contributed by atoms with Gasteiger partial charge in [0.25, 0.3) is 5.91 Å². The van der Waals surface area contributed by atoms with E-state index in [4.69, 9.17) is 4.74 Å². The molecule has 10 heteroatoms. The number of alkyl halides is 2. The Bertz CT molecular complexity index is 1420. The second kappa shape index (κ2) is 9.13. The third-order valence-corrected chi connectivity index (χ3v) is 5.44. The number of anilines is 1. The second-order valence-corrected chi connectivity index (χ2v) is 7.87. The van der Waals surface area contributed by atoms with Crippen LogP contribution in [0.3, 0.4) is 0 Å². The Kier molecular flexibility index (Phi) is 5.86. The number of aliphatic imine (C=N–C) groups is 1. The zero-order valence-electron chi connectivity index (χ0n) is 19.0. The number of fused-ring (bicyclic) bond motifs is 3. The van der Waals surface area contributed by atoms with Gasteiger partial charge in [-0.1, -0.05) is 12.1 Å². The summed E-state index contributed by atoms with van der Waals surface area (Å²) in [6, 6.07) is 11.3. The first kappa shape index (κ1) is 22.5. The highest BCUT2D eigenvalue weighted by atomic mass is 19.3. The maximum absolute atomic E-state index is 13.9. The van der Waals surface area contributed by atoms with Gasteiger partial charge in [0.05, 0.1) is 34.8 Å². The Balaban J connectivity index is 1.63. The summed E-state index contributed by atoms with van der Waals surface area (Å²) in [7, 11) is 1.83. The summed E-state index contributed by atoms with van der Waals surface area (Å²) in [6.07, 6.45) is 5.63. The normalized spacial score (nSPS) is 15.8. The molecule has 3 heterocycles. The first-order valence-electron chi connectivity index (χ1n) is 10.9. The number of benzene rings is 2. The van der Waals surface area contributed by atoms with Gasteiger partial charge >= 0.3 is 6.61 Å². The van der Waals surface area contributed by atoms with Crippen molar-refractivity contribution in [2.45, 2.75) is 20.0 Å². The Morgan fingerprint density at radius 3 is 2.66 bits per heavy atom. The zero-order chi connectivity index (χ0) is 24.5. The highest BCUT2D eigenvalue weighted by Crippen LogP contribution is 2.33. The molecule has 0 N–H and O–H groups in total. The molecule has 0 spiro atoms. The van der Waals surface area contributed by atoms with Crippen LogP contribution in [-0.2, 0) is 16.6 Å². The molecule has 35 heavy (non-hydrogen) atoms. The third-order valence-electron chi connectivity index (χ3n) is 5.44. The number of rotatable bonds is 5. The molecular weight excluding hydrogens is 456 g/mol.